The zero-order chi connectivity index (χ0) is 13.8. The maximum Gasteiger partial charge on any atom is 0.350 e. The number of esters is 1. The van der Waals surface area contributed by atoms with Crippen LogP contribution in [0.4, 0.5) is 5.13 Å². The molecular formula is C11H14N4O3S. The number of carbonyl (C=O) groups is 1. The summed E-state index contributed by atoms with van der Waals surface area (Å²) in [5.41, 5.74) is 6.11. The summed E-state index contributed by atoms with van der Waals surface area (Å²) in [6.07, 6.45) is 3.44. The molecule has 0 aliphatic rings. The molecule has 0 spiro atoms. The number of nitrogens with two attached hydrogens (primary N) is 1. The summed E-state index contributed by atoms with van der Waals surface area (Å²) in [6, 6.07) is 0. The lowest BCUT2D eigenvalue weighted by molar-refractivity contribution is 0.0607. The Morgan fingerprint density at radius 1 is 1.53 bits per heavy atom. The first-order valence-electron chi connectivity index (χ1n) is 5.52. The molecule has 19 heavy (non-hydrogen) atoms. The number of methoxy groups -OCH3 is 2. The van der Waals surface area contributed by atoms with Gasteiger partial charge < -0.3 is 19.8 Å². The van der Waals surface area contributed by atoms with E-state index in [2.05, 4.69) is 9.97 Å². The van der Waals surface area contributed by atoms with Crippen LogP contribution >= 0.6 is 11.3 Å². The number of anilines is 1. The minimum atomic E-state index is -0.467. The lowest BCUT2D eigenvalue weighted by Gasteiger charge is -2.06. The predicted molar refractivity (Wildman–Crippen MR) is 71.0 cm³/mol. The Morgan fingerprint density at radius 3 is 3.00 bits per heavy atom. The van der Waals surface area contributed by atoms with Gasteiger partial charge in [0.15, 0.2) is 11.0 Å². The van der Waals surface area contributed by atoms with E-state index in [1.165, 1.54) is 7.11 Å². The molecule has 2 aromatic rings. The van der Waals surface area contributed by atoms with Gasteiger partial charge in [0.1, 0.15) is 10.6 Å². The van der Waals surface area contributed by atoms with Crippen molar-refractivity contribution < 1.29 is 14.3 Å². The average molecular weight is 282 g/mol. The maximum atomic E-state index is 11.7. The highest BCUT2D eigenvalue weighted by Gasteiger charge is 2.22. The van der Waals surface area contributed by atoms with Crippen LogP contribution in [-0.2, 0) is 16.0 Å². The molecule has 102 valence electrons. The molecule has 0 bridgehead atoms. The summed E-state index contributed by atoms with van der Waals surface area (Å²) >= 11 is 1.09. The summed E-state index contributed by atoms with van der Waals surface area (Å²) in [4.78, 5) is 20.4. The zero-order valence-corrected chi connectivity index (χ0v) is 11.4. The van der Waals surface area contributed by atoms with Crippen LogP contribution < -0.4 is 5.73 Å². The fourth-order valence-electron chi connectivity index (χ4n) is 1.62. The highest BCUT2D eigenvalue weighted by atomic mass is 32.1. The van der Waals surface area contributed by atoms with Gasteiger partial charge in [-0.15, -0.1) is 0 Å². The molecule has 2 rings (SSSR count). The lowest BCUT2D eigenvalue weighted by atomic mass is 10.3. The standard InChI is InChI=1S/C11H14N4O3S/c1-17-6-5-15-4-3-13-9(15)7-8(10(16)18-2)19-11(12)14-7/h3-4H,5-6H2,1-2H3,(H2,12,14). The van der Waals surface area contributed by atoms with Gasteiger partial charge in [-0.05, 0) is 0 Å². The highest BCUT2D eigenvalue weighted by molar-refractivity contribution is 7.17. The summed E-state index contributed by atoms with van der Waals surface area (Å²) in [7, 11) is 2.94. The number of rotatable bonds is 5. The first kappa shape index (κ1) is 13.5. The van der Waals surface area contributed by atoms with Gasteiger partial charge in [-0.25, -0.2) is 14.8 Å². The Morgan fingerprint density at radius 2 is 2.32 bits per heavy atom. The molecule has 2 N–H and O–H groups in total. The van der Waals surface area contributed by atoms with Crippen LogP contribution in [0.25, 0.3) is 11.5 Å². The molecule has 0 aromatic carbocycles. The van der Waals surface area contributed by atoms with Gasteiger partial charge >= 0.3 is 5.97 Å². The van der Waals surface area contributed by atoms with Crippen LogP contribution in [0.5, 0.6) is 0 Å². The van der Waals surface area contributed by atoms with E-state index in [9.17, 15) is 4.79 Å². The van der Waals surface area contributed by atoms with Gasteiger partial charge in [0, 0.05) is 26.0 Å². The Kier molecular flexibility index (Phi) is 4.13. The quantitative estimate of drug-likeness (QED) is 0.823. The first-order chi connectivity index (χ1) is 9.17. The van der Waals surface area contributed by atoms with Crippen molar-refractivity contribution in [2.45, 2.75) is 6.54 Å². The topological polar surface area (TPSA) is 92.3 Å². The summed E-state index contributed by atoms with van der Waals surface area (Å²) in [6.45, 7) is 1.15. The van der Waals surface area contributed by atoms with E-state index in [1.54, 1.807) is 19.5 Å². The number of thiazole rings is 1. The second-order valence-corrected chi connectivity index (χ2v) is 4.69. The maximum absolute atomic E-state index is 11.7. The fourth-order valence-corrected chi connectivity index (χ4v) is 2.36. The smallest absolute Gasteiger partial charge is 0.350 e. The third-order valence-corrected chi connectivity index (χ3v) is 3.34. The van der Waals surface area contributed by atoms with Gasteiger partial charge in [0.25, 0.3) is 0 Å². The lowest BCUT2D eigenvalue weighted by Crippen LogP contribution is -2.07. The highest BCUT2D eigenvalue weighted by Crippen LogP contribution is 2.29. The van der Waals surface area contributed by atoms with E-state index in [1.807, 2.05) is 4.57 Å². The number of hydrogen-bond donors (Lipinski definition) is 1. The first-order valence-corrected chi connectivity index (χ1v) is 6.34. The van der Waals surface area contributed by atoms with Crippen molar-refractivity contribution in [2.24, 2.45) is 0 Å². The van der Waals surface area contributed by atoms with Crippen LogP contribution in [-0.4, -0.2) is 41.3 Å². The number of carbonyl (C=O) groups excluding carboxylic acids is 1. The van der Waals surface area contributed by atoms with Crippen molar-refractivity contribution >= 4 is 22.4 Å². The molecule has 2 heterocycles. The summed E-state index contributed by atoms with van der Waals surface area (Å²) < 4.78 is 11.6. The predicted octanol–water partition coefficient (Wildman–Crippen LogP) is 1.02. The van der Waals surface area contributed by atoms with Crippen LogP contribution in [0.1, 0.15) is 9.67 Å². The van der Waals surface area contributed by atoms with E-state index >= 15 is 0 Å². The molecule has 7 nitrogen and oxygen atoms in total. The minimum absolute atomic E-state index is 0.302. The Hall–Kier alpha value is -1.93. The monoisotopic (exact) mass is 282 g/mol. The molecule has 0 radical (unpaired) electrons. The summed E-state index contributed by atoms with van der Waals surface area (Å²) in [5, 5.41) is 0.302. The van der Waals surface area contributed by atoms with Crippen LogP contribution in [0.2, 0.25) is 0 Å². The van der Waals surface area contributed by atoms with E-state index in [-0.39, 0.29) is 0 Å². The van der Waals surface area contributed by atoms with Crippen molar-refractivity contribution in [1.82, 2.24) is 14.5 Å². The fraction of sp³-hybridized carbons (Fsp3) is 0.364. The van der Waals surface area contributed by atoms with E-state index < -0.39 is 5.97 Å². The molecule has 0 aliphatic carbocycles. The van der Waals surface area contributed by atoms with E-state index in [4.69, 9.17) is 15.2 Å². The number of imidazole rings is 1. The molecular weight excluding hydrogens is 268 g/mol. The van der Waals surface area contributed by atoms with Gasteiger partial charge in [-0.3, -0.25) is 0 Å². The van der Waals surface area contributed by atoms with E-state index in [0.29, 0.717) is 34.7 Å². The van der Waals surface area contributed by atoms with Crippen molar-refractivity contribution in [3.05, 3.63) is 17.3 Å². The molecule has 8 heteroatoms. The van der Waals surface area contributed by atoms with Crippen molar-refractivity contribution in [2.75, 3.05) is 26.6 Å². The van der Waals surface area contributed by atoms with Crippen molar-refractivity contribution in [3.8, 4) is 11.5 Å². The number of hydrogen-bond acceptors (Lipinski definition) is 7. The second kappa shape index (κ2) is 5.81. The van der Waals surface area contributed by atoms with Gasteiger partial charge in [0.2, 0.25) is 0 Å². The molecule has 0 aliphatic heterocycles. The Bertz CT molecular complexity index is 578. The number of aromatic nitrogens is 3. The van der Waals surface area contributed by atoms with Gasteiger partial charge in [-0.2, -0.15) is 0 Å². The average Bonchev–Trinajstić information content (AvgIpc) is 3.01. The van der Waals surface area contributed by atoms with Crippen molar-refractivity contribution in [3.63, 3.8) is 0 Å². The molecule has 0 fully saturated rings. The number of ether oxygens (including phenoxy) is 2. The minimum Gasteiger partial charge on any atom is -0.465 e. The largest absolute Gasteiger partial charge is 0.465 e. The SMILES string of the molecule is COCCn1ccnc1-c1nc(N)sc1C(=O)OC. The summed E-state index contributed by atoms with van der Waals surface area (Å²) in [5.74, 6) is 0.107. The van der Waals surface area contributed by atoms with Crippen LogP contribution in [0.15, 0.2) is 12.4 Å². The molecule has 0 atom stereocenters. The molecule has 2 aromatic heterocycles. The molecule has 0 unspecified atom stereocenters. The number of nitrogen functional groups attached to an aromatic ring is 1. The zero-order valence-electron chi connectivity index (χ0n) is 10.6. The Labute approximate surface area is 114 Å². The molecule has 0 amide bonds. The van der Waals surface area contributed by atoms with Crippen LogP contribution in [0.3, 0.4) is 0 Å². The third kappa shape index (κ3) is 2.74. The van der Waals surface area contributed by atoms with Gasteiger partial charge in [-0.1, -0.05) is 11.3 Å². The second-order valence-electron chi connectivity index (χ2n) is 3.66. The number of nitrogens with zero attached hydrogens (tertiary/aromatic N) is 3. The van der Waals surface area contributed by atoms with Crippen molar-refractivity contribution in [1.29, 1.82) is 0 Å². The van der Waals surface area contributed by atoms with Gasteiger partial charge in [0.05, 0.1) is 13.7 Å². The molecule has 0 saturated heterocycles. The Balaban J connectivity index is 2.41. The normalized spacial score (nSPS) is 10.6. The van der Waals surface area contributed by atoms with E-state index in [0.717, 1.165) is 11.3 Å². The third-order valence-electron chi connectivity index (χ3n) is 2.48. The van der Waals surface area contributed by atoms with Crippen LogP contribution in [0, 0.1) is 0 Å². The molecule has 0 saturated carbocycles.